The number of aromatic amines is 1. The molecule has 1 saturated heterocycles. The van der Waals surface area contributed by atoms with Gasteiger partial charge in [0.25, 0.3) is 0 Å². The van der Waals surface area contributed by atoms with E-state index in [0.717, 1.165) is 41.8 Å². The van der Waals surface area contributed by atoms with Crippen molar-refractivity contribution in [3.05, 3.63) is 22.5 Å². The molecule has 0 spiro atoms. The quantitative estimate of drug-likeness (QED) is 0.927. The molecule has 0 aromatic carbocycles. The van der Waals surface area contributed by atoms with Crippen LogP contribution in [-0.2, 0) is 22.4 Å². The number of hydrogen-bond acceptors (Lipinski definition) is 3. The number of fused-ring (bicyclic) bond motifs is 1. The fraction of sp³-hybridized carbons (Fsp3) is 0.647. The summed E-state index contributed by atoms with van der Waals surface area (Å²) < 4.78 is 5.28. The average Bonchev–Trinajstić information content (AvgIpc) is 2.87. The maximum Gasteiger partial charge on any atom is 0.223 e. The van der Waals surface area contributed by atoms with Crippen molar-refractivity contribution in [2.75, 3.05) is 26.3 Å². The molecule has 0 radical (unpaired) electrons. The second-order valence-corrected chi connectivity index (χ2v) is 6.23. The highest BCUT2D eigenvalue weighted by Gasteiger charge is 2.33. The van der Waals surface area contributed by atoms with Gasteiger partial charge in [0.15, 0.2) is 5.78 Å². The Kier molecular flexibility index (Phi) is 4.34. The van der Waals surface area contributed by atoms with E-state index in [1.165, 1.54) is 0 Å². The smallest absolute Gasteiger partial charge is 0.223 e. The van der Waals surface area contributed by atoms with Crippen molar-refractivity contribution in [3.8, 4) is 0 Å². The Hall–Kier alpha value is -1.62. The van der Waals surface area contributed by atoms with Crippen LogP contribution in [0.3, 0.4) is 0 Å². The summed E-state index contributed by atoms with van der Waals surface area (Å²) in [6.07, 6.45) is 2.83. The molecule has 1 unspecified atom stereocenters. The second kappa shape index (κ2) is 6.24. The third kappa shape index (κ3) is 2.70. The first-order chi connectivity index (χ1) is 10.6. The summed E-state index contributed by atoms with van der Waals surface area (Å²) >= 11 is 0. The number of carbonyl (C=O) groups is 2. The monoisotopic (exact) mass is 304 g/mol. The lowest BCUT2D eigenvalue weighted by Crippen LogP contribution is -2.42. The summed E-state index contributed by atoms with van der Waals surface area (Å²) in [5.41, 5.74) is 4.16. The van der Waals surface area contributed by atoms with Gasteiger partial charge in [-0.05, 0) is 31.7 Å². The van der Waals surface area contributed by atoms with Gasteiger partial charge in [-0.2, -0.15) is 0 Å². The van der Waals surface area contributed by atoms with Gasteiger partial charge in [-0.1, -0.05) is 6.92 Å². The molecule has 1 aliphatic heterocycles. The van der Waals surface area contributed by atoms with Crippen LogP contribution in [0.5, 0.6) is 0 Å². The van der Waals surface area contributed by atoms with Gasteiger partial charge in [0.2, 0.25) is 5.91 Å². The second-order valence-electron chi connectivity index (χ2n) is 6.23. The largest absolute Gasteiger partial charge is 0.378 e. The molecule has 5 heteroatoms. The number of carbonyl (C=O) groups excluding carboxylic acids is 2. The number of Topliss-reactive ketones (excluding diaryl/α,β-unsaturated/α-hetero) is 1. The lowest BCUT2D eigenvalue weighted by atomic mass is 9.82. The van der Waals surface area contributed by atoms with E-state index in [4.69, 9.17) is 4.74 Å². The molecule has 5 nitrogen and oxygen atoms in total. The van der Waals surface area contributed by atoms with Crippen molar-refractivity contribution in [2.45, 2.75) is 39.5 Å². The molecule has 1 aromatic rings. The molecule has 3 rings (SSSR count). The minimum absolute atomic E-state index is 0.0930. The molecule has 0 saturated carbocycles. The number of ether oxygens (including phenoxy) is 1. The van der Waals surface area contributed by atoms with Crippen LogP contribution in [0.2, 0.25) is 0 Å². The standard InChI is InChI=1S/C17H24N2O3/c1-3-13-11(2)18-14-5-4-12(17(21)16(13)14)10-15(20)19-6-8-22-9-7-19/h12,18H,3-10H2,1-2H3. The number of aryl methyl sites for hydroxylation is 2. The van der Waals surface area contributed by atoms with E-state index in [2.05, 4.69) is 11.9 Å². The van der Waals surface area contributed by atoms with Crippen LogP contribution in [0.15, 0.2) is 0 Å². The van der Waals surface area contributed by atoms with E-state index in [-0.39, 0.29) is 17.6 Å². The third-order valence-electron chi connectivity index (χ3n) is 4.89. The molecule has 1 fully saturated rings. The number of nitrogens with zero attached hydrogens (tertiary/aromatic N) is 1. The van der Waals surface area contributed by atoms with Crippen LogP contribution in [0.4, 0.5) is 0 Å². The van der Waals surface area contributed by atoms with Crippen LogP contribution in [0.1, 0.15) is 47.1 Å². The van der Waals surface area contributed by atoms with Crippen LogP contribution in [-0.4, -0.2) is 47.9 Å². The van der Waals surface area contributed by atoms with Crippen molar-refractivity contribution in [2.24, 2.45) is 5.92 Å². The van der Waals surface area contributed by atoms with Crippen LogP contribution in [0, 0.1) is 12.8 Å². The summed E-state index contributed by atoms with van der Waals surface area (Å²) in [5.74, 6) is 0.0859. The molecule has 120 valence electrons. The molecule has 22 heavy (non-hydrogen) atoms. The number of nitrogens with one attached hydrogen (secondary N) is 1. The minimum Gasteiger partial charge on any atom is -0.378 e. The zero-order chi connectivity index (χ0) is 15.7. The summed E-state index contributed by atoms with van der Waals surface area (Å²) in [6.45, 7) is 6.60. The predicted molar refractivity (Wildman–Crippen MR) is 83.1 cm³/mol. The van der Waals surface area contributed by atoms with Gasteiger partial charge >= 0.3 is 0 Å². The fourth-order valence-electron chi connectivity index (χ4n) is 3.66. The molecule has 1 aromatic heterocycles. The first kappa shape index (κ1) is 15.3. The number of ketones is 1. The zero-order valence-corrected chi connectivity index (χ0v) is 13.4. The first-order valence-electron chi connectivity index (χ1n) is 8.21. The molecule has 2 heterocycles. The Labute approximate surface area is 131 Å². The predicted octanol–water partition coefficient (Wildman–Crippen LogP) is 1.88. The van der Waals surface area contributed by atoms with Gasteiger partial charge in [0, 0.05) is 42.4 Å². The average molecular weight is 304 g/mol. The molecule has 1 atom stereocenters. The lowest BCUT2D eigenvalue weighted by Gasteiger charge is -2.29. The zero-order valence-electron chi connectivity index (χ0n) is 13.4. The fourth-order valence-corrected chi connectivity index (χ4v) is 3.66. The van der Waals surface area contributed by atoms with E-state index in [1.807, 2.05) is 11.8 Å². The van der Waals surface area contributed by atoms with Gasteiger partial charge in [-0.15, -0.1) is 0 Å². The SMILES string of the molecule is CCc1c(C)[nH]c2c1C(=O)C(CC(=O)N1CCOCC1)CC2. The summed E-state index contributed by atoms with van der Waals surface area (Å²) in [4.78, 5) is 30.4. The Bertz CT molecular complexity index is 585. The van der Waals surface area contributed by atoms with Crippen molar-refractivity contribution in [3.63, 3.8) is 0 Å². The van der Waals surface area contributed by atoms with Gasteiger partial charge in [0.05, 0.1) is 13.2 Å². The van der Waals surface area contributed by atoms with E-state index >= 15 is 0 Å². The number of rotatable bonds is 3. The minimum atomic E-state index is -0.164. The molecule has 1 N–H and O–H groups in total. The van der Waals surface area contributed by atoms with Crippen molar-refractivity contribution >= 4 is 11.7 Å². The summed E-state index contributed by atoms with van der Waals surface area (Å²) in [5, 5.41) is 0. The van der Waals surface area contributed by atoms with E-state index in [0.29, 0.717) is 32.7 Å². The van der Waals surface area contributed by atoms with Crippen LogP contribution in [0.25, 0.3) is 0 Å². The lowest BCUT2D eigenvalue weighted by molar-refractivity contribution is -0.136. The maximum atomic E-state index is 12.8. The molecule has 0 bridgehead atoms. The summed E-state index contributed by atoms with van der Waals surface area (Å²) in [6, 6.07) is 0. The highest BCUT2D eigenvalue weighted by molar-refractivity contribution is 6.03. The third-order valence-corrected chi connectivity index (χ3v) is 4.89. The molecule has 2 aliphatic rings. The number of morpholine rings is 1. The van der Waals surface area contributed by atoms with Gasteiger partial charge in [-0.25, -0.2) is 0 Å². The Morgan fingerprint density at radius 3 is 2.77 bits per heavy atom. The van der Waals surface area contributed by atoms with Gasteiger partial charge in [-0.3, -0.25) is 9.59 Å². The first-order valence-corrected chi connectivity index (χ1v) is 8.21. The number of hydrogen-bond donors (Lipinski definition) is 1. The molecular formula is C17H24N2O3. The molecule has 1 amide bonds. The van der Waals surface area contributed by atoms with E-state index < -0.39 is 0 Å². The number of amides is 1. The van der Waals surface area contributed by atoms with Crippen LogP contribution < -0.4 is 0 Å². The topological polar surface area (TPSA) is 62.4 Å². The van der Waals surface area contributed by atoms with E-state index in [9.17, 15) is 9.59 Å². The van der Waals surface area contributed by atoms with Crippen molar-refractivity contribution in [1.29, 1.82) is 0 Å². The van der Waals surface area contributed by atoms with E-state index in [1.54, 1.807) is 0 Å². The molecule has 1 aliphatic carbocycles. The highest BCUT2D eigenvalue weighted by Crippen LogP contribution is 2.32. The number of aromatic nitrogens is 1. The Morgan fingerprint density at radius 1 is 1.36 bits per heavy atom. The van der Waals surface area contributed by atoms with Crippen molar-refractivity contribution in [1.82, 2.24) is 9.88 Å². The number of H-pyrrole nitrogens is 1. The Balaban J connectivity index is 1.73. The molecular weight excluding hydrogens is 280 g/mol. The van der Waals surface area contributed by atoms with Gasteiger partial charge in [0.1, 0.15) is 0 Å². The normalized spacial score (nSPS) is 21.8. The van der Waals surface area contributed by atoms with Crippen LogP contribution >= 0.6 is 0 Å². The summed E-state index contributed by atoms with van der Waals surface area (Å²) in [7, 11) is 0. The Morgan fingerprint density at radius 2 is 2.09 bits per heavy atom. The highest BCUT2D eigenvalue weighted by atomic mass is 16.5. The van der Waals surface area contributed by atoms with Gasteiger partial charge < -0.3 is 14.6 Å². The maximum absolute atomic E-state index is 12.8. The van der Waals surface area contributed by atoms with Crippen molar-refractivity contribution < 1.29 is 14.3 Å².